The third-order valence-electron chi connectivity index (χ3n) is 3.55. The second-order valence-electron chi connectivity index (χ2n) is 5.21. The van der Waals surface area contributed by atoms with Gasteiger partial charge in [0, 0.05) is 22.0 Å². The lowest BCUT2D eigenvalue weighted by Gasteiger charge is -2.09. The van der Waals surface area contributed by atoms with Crippen LogP contribution in [0.15, 0.2) is 53.5 Å². The predicted molar refractivity (Wildman–Crippen MR) is 94.3 cm³/mol. The van der Waals surface area contributed by atoms with Crippen molar-refractivity contribution in [3.05, 3.63) is 74.6 Å². The zero-order chi connectivity index (χ0) is 17.1. The first-order valence-corrected chi connectivity index (χ1v) is 7.95. The Hall–Kier alpha value is -2.37. The molecule has 3 rings (SSSR count). The van der Waals surface area contributed by atoms with Crippen LogP contribution < -0.4 is 10.9 Å². The summed E-state index contributed by atoms with van der Waals surface area (Å²) in [5.74, 6) is -0.328. The third-order valence-corrected chi connectivity index (χ3v) is 4.13. The van der Waals surface area contributed by atoms with Gasteiger partial charge in [0.05, 0.1) is 11.6 Å². The number of carbonyl (C=O) groups is 1. The number of carbonyl (C=O) groups excluding carboxylic acids is 1. The average molecular weight is 362 g/mol. The van der Waals surface area contributed by atoms with E-state index in [1.165, 1.54) is 0 Å². The summed E-state index contributed by atoms with van der Waals surface area (Å²) in [5.41, 5.74) is 0.445. The second kappa shape index (κ2) is 7.03. The minimum Gasteiger partial charge on any atom is -0.350 e. The van der Waals surface area contributed by atoms with Crippen molar-refractivity contribution in [1.29, 1.82) is 0 Å². The third kappa shape index (κ3) is 3.58. The molecule has 24 heavy (non-hydrogen) atoms. The van der Waals surface area contributed by atoms with E-state index in [9.17, 15) is 9.59 Å². The number of fused-ring (bicyclic) bond motifs is 1. The second-order valence-corrected chi connectivity index (χ2v) is 6.05. The van der Waals surface area contributed by atoms with Crippen molar-refractivity contribution in [2.75, 3.05) is 0 Å². The molecule has 122 valence electrons. The van der Waals surface area contributed by atoms with Crippen LogP contribution in [0.3, 0.4) is 0 Å². The fraction of sp³-hybridized carbons (Fsp3) is 0.118. The van der Waals surface area contributed by atoms with Gasteiger partial charge in [-0.3, -0.25) is 9.59 Å². The summed E-state index contributed by atoms with van der Waals surface area (Å²) in [4.78, 5) is 24.4. The zero-order valence-electron chi connectivity index (χ0n) is 12.5. The number of benzene rings is 2. The van der Waals surface area contributed by atoms with Crippen LogP contribution >= 0.6 is 23.2 Å². The maximum Gasteiger partial charge on any atom is 0.275 e. The van der Waals surface area contributed by atoms with E-state index in [1.54, 1.807) is 42.6 Å². The smallest absolute Gasteiger partial charge is 0.275 e. The lowest BCUT2D eigenvalue weighted by molar-refractivity contribution is -0.122. The van der Waals surface area contributed by atoms with Crippen LogP contribution in [0, 0.1) is 0 Å². The zero-order valence-corrected chi connectivity index (χ0v) is 14.0. The van der Waals surface area contributed by atoms with Gasteiger partial charge in [-0.25, -0.2) is 4.68 Å². The summed E-state index contributed by atoms with van der Waals surface area (Å²) in [6.45, 7) is 0.0893. The number of rotatable bonds is 4. The maximum absolute atomic E-state index is 12.3. The molecule has 2 aromatic carbocycles. The van der Waals surface area contributed by atoms with Gasteiger partial charge in [-0.05, 0) is 23.8 Å². The van der Waals surface area contributed by atoms with Gasteiger partial charge in [0.2, 0.25) is 5.91 Å². The SMILES string of the molecule is O=C(Cn1ncc2ccccc2c1=O)NCc1ccc(Cl)cc1Cl. The molecule has 5 nitrogen and oxygen atoms in total. The molecule has 0 atom stereocenters. The van der Waals surface area contributed by atoms with E-state index in [0.717, 1.165) is 15.6 Å². The lowest BCUT2D eigenvalue weighted by atomic mass is 10.2. The van der Waals surface area contributed by atoms with Crippen molar-refractivity contribution in [1.82, 2.24) is 15.1 Å². The summed E-state index contributed by atoms with van der Waals surface area (Å²) in [7, 11) is 0. The first-order valence-electron chi connectivity index (χ1n) is 7.20. The van der Waals surface area contributed by atoms with E-state index in [-0.39, 0.29) is 24.6 Å². The van der Waals surface area contributed by atoms with Crippen molar-refractivity contribution in [2.24, 2.45) is 0 Å². The van der Waals surface area contributed by atoms with Gasteiger partial charge in [0.25, 0.3) is 5.56 Å². The normalized spacial score (nSPS) is 10.8. The predicted octanol–water partition coefficient (Wildman–Crippen LogP) is 3.02. The maximum atomic E-state index is 12.3. The number of nitrogens with one attached hydrogen (secondary N) is 1. The molecule has 1 amide bonds. The molecule has 1 heterocycles. The Bertz CT molecular complexity index is 969. The van der Waals surface area contributed by atoms with Gasteiger partial charge in [0.15, 0.2) is 0 Å². The number of hydrogen-bond donors (Lipinski definition) is 1. The lowest BCUT2D eigenvalue weighted by Crippen LogP contribution is -2.33. The molecular weight excluding hydrogens is 349 g/mol. The molecule has 0 fully saturated rings. The Kier molecular flexibility index (Phi) is 4.83. The van der Waals surface area contributed by atoms with Crippen LogP contribution in [0.2, 0.25) is 10.0 Å². The molecule has 0 saturated heterocycles. The average Bonchev–Trinajstić information content (AvgIpc) is 2.57. The molecule has 7 heteroatoms. The minimum absolute atomic E-state index is 0.158. The molecule has 0 aliphatic heterocycles. The first kappa shape index (κ1) is 16.5. The topological polar surface area (TPSA) is 64.0 Å². The molecule has 1 N–H and O–H groups in total. The molecule has 3 aromatic rings. The first-order chi connectivity index (χ1) is 11.5. The Morgan fingerprint density at radius 3 is 2.75 bits per heavy atom. The van der Waals surface area contributed by atoms with Gasteiger partial charge in [0.1, 0.15) is 6.54 Å². The van der Waals surface area contributed by atoms with Gasteiger partial charge in [-0.15, -0.1) is 0 Å². The van der Waals surface area contributed by atoms with Crippen LogP contribution in [-0.4, -0.2) is 15.7 Å². The highest BCUT2D eigenvalue weighted by Crippen LogP contribution is 2.20. The molecule has 0 unspecified atom stereocenters. The van der Waals surface area contributed by atoms with Crippen molar-refractivity contribution in [3.8, 4) is 0 Å². The van der Waals surface area contributed by atoms with E-state index >= 15 is 0 Å². The van der Waals surface area contributed by atoms with Crippen molar-refractivity contribution < 1.29 is 4.79 Å². The monoisotopic (exact) mass is 361 g/mol. The molecule has 0 bridgehead atoms. The van der Waals surface area contributed by atoms with Crippen LogP contribution in [-0.2, 0) is 17.9 Å². The molecular formula is C17H13Cl2N3O2. The summed E-state index contributed by atoms with van der Waals surface area (Å²) in [6, 6.07) is 12.2. The molecule has 0 aliphatic rings. The number of hydrogen-bond acceptors (Lipinski definition) is 3. The molecule has 0 spiro atoms. The van der Waals surface area contributed by atoms with Gasteiger partial charge in [-0.1, -0.05) is 47.5 Å². The number of nitrogens with zero attached hydrogens (tertiary/aromatic N) is 2. The van der Waals surface area contributed by atoms with Crippen molar-refractivity contribution in [3.63, 3.8) is 0 Å². The van der Waals surface area contributed by atoms with Crippen molar-refractivity contribution >= 4 is 39.9 Å². The Morgan fingerprint density at radius 1 is 1.17 bits per heavy atom. The van der Waals surface area contributed by atoms with Crippen LogP contribution in [0.25, 0.3) is 10.8 Å². The summed E-state index contributed by atoms with van der Waals surface area (Å²) < 4.78 is 1.14. The Labute approximate surface area is 147 Å². The van der Waals surface area contributed by atoms with Gasteiger partial charge in [-0.2, -0.15) is 5.10 Å². The van der Waals surface area contributed by atoms with Crippen LogP contribution in [0.1, 0.15) is 5.56 Å². The van der Waals surface area contributed by atoms with Crippen LogP contribution in [0.5, 0.6) is 0 Å². The fourth-order valence-electron chi connectivity index (χ4n) is 2.29. The standard InChI is InChI=1S/C17H13Cl2N3O2/c18-13-6-5-12(15(19)7-13)8-20-16(23)10-22-17(24)14-4-2-1-3-11(14)9-21-22/h1-7,9H,8,10H2,(H,20,23). The number of halogens is 2. The number of aromatic nitrogens is 2. The fourth-order valence-corrected chi connectivity index (χ4v) is 2.77. The van der Waals surface area contributed by atoms with E-state index in [1.807, 2.05) is 6.07 Å². The van der Waals surface area contributed by atoms with Gasteiger partial charge >= 0.3 is 0 Å². The molecule has 0 aliphatic carbocycles. The molecule has 1 aromatic heterocycles. The summed E-state index contributed by atoms with van der Waals surface area (Å²) in [5, 5.41) is 9.02. The summed E-state index contributed by atoms with van der Waals surface area (Å²) in [6.07, 6.45) is 1.57. The highest BCUT2D eigenvalue weighted by Gasteiger charge is 2.09. The highest BCUT2D eigenvalue weighted by molar-refractivity contribution is 6.35. The Morgan fingerprint density at radius 2 is 1.96 bits per heavy atom. The van der Waals surface area contributed by atoms with Gasteiger partial charge < -0.3 is 5.32 Å². The number of amides is 1. The molecule has 0 radical (unpaired) electrons. The van der Waals surface area contributed by atoms with E-state index in [2.05, 4.69) is 10.4 Å². The largest absolute Gasteiger partial charge is 0.350 e. The highest BCUT2D eigenvalue weighted by atomic mass is 35.5. The summed E-state index contributed by atoms with van der Waals surface area (Å²) >= 11 is 11.9. The van der Waals surface area contributed by atoms with Crippen molar-refractivity contribution in [2.45, 2.75) is 13.1 Å². The molecule has 0 saturated carbocycles. The Balaban J connectivity index is 1.71. The quantitative estimate of drug-likeness (QED) is 0.776. The van der Waals surface area contributed by atoms with E-state index in [0.29, 0.717) is 15.4 Å². The van der Waals surface area contributed by atoms with Crippen LogP contribution in [0.4, 0.5) is 0 Å². The van der Waals surface area contributed by atoms with E-state index < -0.39 is 0 Å². The van der Waals surface area contributed by atoms with E-state index in [4.69, 9.17) is 23.2 Å². The minimum atomic E-state index is -0.328.